The first-order chi connectivity index (χ1) is 10.0. The highest BCUT2D eigenvalue weighted by molar-refractivity contribution is 7.79. The van der Waals surface area contributed by atoms with Gasteiger partial charge in [0.25, 0.3) is 0 Å². The Kier molecular flexibility index (Phi) is 4.16. The van der Waals surface area contributed by atoms with Crippen LogP contribution in [-0.2, 0) is 18.1 Å². The molecule has 3 nitrogen and oxygen atoms in total. The van der Waals surface area contributed by atoms with Crippen LogP contribution in [0.25, 0.3) is 5.69 Å². The summed E-state index contributed by atoms with van der Waals surface area (Å²) < 4.78 is 76.7. The van der Waals surface area contributed by atoms with Gasteiger partial charge in [0.15, 0.2) is 0 Å². The second-order valence-corrected chi connectivity index (χ2v) is 4.72. The van der Waals surface area contributed by atoms with Crippen molar-refractivity contribution in [3.05, 3.63) is 40.7 Å². The predicted molar refractivity (Wildman–Crippen MR) is 68.8 cm³/mol. The highest BCUT2D eigenvalue weighted by atomic mass is 32.1. The van der Waals surface area contributed by atoms with Crippen molar-refractivity contribution >= 4 is 12.6 Å². The molecule has 120 valence electrons. The number of thiol groups is 1. The Morgan fingerprint density at radius 1 is 1.00 bits per heavy atom. The lowest BCUT2D eigenvalue weighted by molar-refractivity contribution is -0.162. The molecular weight excluding hydrogens is 332 g/mol. The number of rotatable bonds is 2. The fraction of sp³-hybridized carbons (Fsp3) is 0.333. The van der Waals surface area contributed by atoms with Gasteiger partial charge in [0.05, 0.1) is 28.2 Å². The number of nitrogens with zero attached hydrogens (tertiary/aromatic N) is 3. The van der Waals surface area contributed by atoms with Crippen molar-refractivity contribution < 1.29 is 26.3 Å². The SMILES string of the molecule is Cc1nn(-c2ccc(C(F)(F)F)c(C(F)(F)F)c2)nc1CS. The van der Waals surface area contributed by atoms with Crippen LogP contribution in [0.5, 0.6) is 0 Å². The summed E-state index contributed by atoms with van der Waals surface area (Å²) in [5.74, 6) is 0.207. The molecule has 10 heteroatoms. The van der Waals surface area contributed by atoms with Gasteiger partial charge in [-0.25, -0.2) is 0 Å². The topological polar surface area (TPSA) is 30.7 Å². The maximum absolute atomic E-state index is 12.9. The molecule has 0 amide bonds. The van der Waals surface area contributed by atoms with Gasteiger partial charge in [-0.05, 0) is 25.1 Å². The smallest absolute Gasteiger partial charge is 0.173 e. The lowest BCUT2D eigenvalue weighted by atomic mass is 10.1. The van der Waals surface area contributed by atoms with Gasteiger partial charge in [-0.1, -0.05) is 0 Å². The molecule has 0 aliphatic heterocycles. The van der Waals surface area contributed by atoms with E-state index in [9.17, 15) is 26.3 Å². The molecule has 0 unspecified atom stereocenters. The van der Waals surface area contributed by atoms with E-state index in [1.165, 1.54) is 0 Å². The van der Waals surface area contributed by atoms with Crippen molar-refractivity contribution in [2.45, 2.75) is 25.0 Å². The van der Waals surface area contributed by atoms with E-state index in [0.717, 1.165) is 10.9 Å². The average Bonchev–Trinajstić information content (AvgIpc) is 2.77. The Bertz CT molecular complexity index is 689. The lowest BCUT2D eigenvalue weighted by Crippen LogP contribution is -2.17. The molecule has 1 heterocycles. The summed E-state index contributed by atoms with van der Waals surface area (Å²) in [4.78, 5) is 0.857. The zero-order chi connectivity index (χ0) is 16.7. The standard InChI is InChI=1S/C12H9F6N3S/c1-6-10(5-22)20-21(19-6)7-2-3-8(11(13,14)15)9(4-7)12(16,17)18/h2-4,22H,5H2,1H3. The molecule has 2 rings (SSSR count). The lowest BCUT2D eigenvalue weighted by Gasteiger charge is -2.16. The molecule has 0 radical (unpaired) electrons. The molecule has 0 spiro atoms. The summed E-state index contributed by atoms with van der Waals surface area (Å²) in [6, 6.07) is 1.64. The highest BCUT2D eigenvalue weighted by Crippen LogP contribution is 2.40. The van der Waals surface area contributed by atoms with Gasteiger partial charge in [-0.3, -0.25) is 0 Å². The second kappa shape index (κ2) is 5.49. The Hall–Kier alpha value is -1.71. The normalized spacial score (nSPS) is 12.7. The van der Waals surface area contributed by atoms with E-state index in [-0.39, 0.29) is 11.4 Å². The number of halogens is 6. The van der Waals surface area contributed by atoms with E-state index in [1.807, 2.05) is 0 Å². The Morgan fingerprint density at radius 2 is 1.59 bits per heavy atom. The van der Waals surface area contributed by atoms with Crippen LogP contribution in [-0.4, -0.2) is 15.0 Å². The average molecular weight is 341 g/mol. The first-order valence-corrected chi connectivity index (χ1v) is 6.49. The number of aromatic nitrogens is 3. The fourth-order valence-corrected chi connectivity index (χ4v) is 2.10. The third kappa shape index (κ3) is 3.21. The van der Waals surface area contributed by atoms with Crippen LogP contribution in [0.2, 0.25) is 0 Å². The zero-order valence-corrected chi connectivity index (χ0v) is 11.9. The van der Waals surface area contributed by atoms with Crippen LogP contribution in [0.4, 0.5) is 26.3 Å². The van der Waals surface area contributed by atoms with E-state index < -0.39 is 23.5 Å². The molecule has 0 N–H and O–H groups in total. The summed E-state index contributed by atoms with van der Waals surface area (Å²) >= 11 is 3.98. The van der Waals surface area contributed by atoms with Gasteiger partial charge in [-0.15, -0.1) is 0 Å². The van der Waals surface area contributed by atoms with E-state index in [2.05, 4.69) is 22.8 Å². The molecule has 1 aromatic heterocycles. The van der Waals surface area contributed by atoms with Crippen LogP contribution in [0.3, 0.4) is 0 Å². The second-order valence-electron chi connectivity index (χ2n) is 4.41. The van der Waals surface area contributed by atoms with Crippen LogP contribution >= 0.6 is 12.6 Å². The third-order valence-corrected chi connectivity index (χ3v) is 3.17. The first kappa shape index (κ1) is 16.7. The molecule has 1 aromatic carbocycles. The van der Waals surface area contributed by atoms with Crippen LogP contribution in [0.15, 0.2) is 18.2 Å². The van der Waals surface area contributed by atoms with Gasteiger partial charge >= 0.3 is 12.4 Å². The molecule has 0 aliphatic rings. The summed E-state index contributed by atoms with van der Waals surface area (Å²) in [5, 5.41) is 7.77. The molecule has 0 saturated heterocycles. The maximum Gasteiger partial charge on any atom is 0.417 e. The fourth-order valence-electron chi connectivity index (χ4n) is 1.81. The van der Waals surface area contributed by atoms with E-state index >= 15 is 0 Å². The van der Waals surface area contributed by atoms with Crippen molar-refractivity contribution in [1.82, 2.24) is 15.0 Å². The largest absolute Gasteiger partial charge is 0.417 e. The summed E-state index contributed by atoms with van der Waals surface area (Å²) in [5.41, 5.74) is -2.88. The molecular formula is C12H9F6N3S. The van der Waals surface area contributed by atoms with Crippen LogP contribution in [0.1, 0.15) is 22.5 Å². The molecule has 2 aromatic rings. The quantitative estimate of drug-likeness (QED) is 0.660. The summed E-state index contributed by atoms with van der Waals surface area (Å²) in [6.45, 7) is 1.57. The zero-order valence-electron chi connectivity index (χ0n) is 11.0. The molecule has 0 aliphatic carbocycles. The summed E-state index contributed by atoms with van der Waals surface area (Å²) in [7, 11) is 0. The maximum atomic E-state index is 12.9. The molecule has 0 bridgehead atoms. The molecule has 0 fully saturated rings. The van der Waals surface area contributed by atoms with E-state index in [4.69, 9.17) is 0 Å². The number of alkyl halides is 6. The van der Waals surface area contributed by atoms with E-state index in [0.29, 0.717) is 23.5 Å². The Balaban J connectivity index is 2.60. The van der Waals surface area contributed by atoms with Gasteiger partial charge in [-0.2, -0.15) is 54.0 Å². The Morgan fingerprint density at radius 3 is 2.05 bits per heavy atom. The monoisotopic (exact) mass is 341 g/mol. The van der Waals surface area contributed by atoms with Crippen LogP contribution < -0.4 is 0 Å². The molecule has 0 saturated carbocycles. The molecule has 0 atom stereocenters. The van der Waals surface area contributed by atoms with Gasteiger partial charge in [0.1, 0.15) is 0 Å². The third-order valence-electron chi connectivity index (χ3n) is 2.87. The number of hydrogen-bond donors (Lipinski definition) is 1. The van der Waals surface area contributed by atoms with Gasteiger partial charge in [0.2, 0.25) is 0 Å². The Labute approximate surface area is 126 Å². The van der Waals surface area contributed by atoms with Gasteiger partial charge < -0.3 is 0 Å². The van der Waals surface area contributed by atoms with Crippen molar-refractivity contribution in [3.8, 4) is 5.69 Å². The minimum atomic E-state index is -5.14. The van der Waals surface area contributed by atoms with Crippen molar-refractivity contribution in [3.63, 3.8) is 0 Å². The summed E-state index contributed by atoms with van der Waals surface area (Å²) in [6.07, 6.45) is -10.2. The highest BCUT2D eigenvalue weighted by Gasteiger charge is 2.43. The van der Waals surface area contributed by atoms with Crippen molar-refractivity contribution in [2.75, 3.05) is 0 Å². The number of benzene rings is 1. The van der Waals surface area contributed by atoms with Crippen molar-refractivity contribution in [1.29, 1.82) is 0 Å². The predicted octanol–water partition coefficient (Wildman–Crippen LogP) is 4.04. The number of aryl methyl sites for hydroxylation is 1. The van der Waals surface area contributed by atoms with Crippen LogP contribution in [0, 0.1) is 6.92 Å². The van der Waals surface area contributed by atoms with Gasteiger partial charge in [0, 0.05) is 5.75 Å². The number of hydrogen-bond acceptors (Lipinski definition) is 3. The minimum absolute atomic E-state index is 0.207. The van der Waals surface area contributed by atoms with E-state index in [1.54, 1.807) is 6.92 Å². The first-order valence-electron chi connectivity index (χ1n) is 5.86. The molecule has 22 heavy (non-hydrogen) atoms. The van der Waals surface area contributed by atoms with Crippen molar-refractivity contribution in [2.24, 2.45) is 0 Å². The minimum Gasteiger partial charge on any atom is -0.173 e.